The van der Waals surface area contributed by atoms with Crippen molar-refractivity contribution in [2.24, 2.45) is 0 Å². The lowest BCUT2D eigenvalue weighted by molar-refractivity contribution is 0.103. The van der Waals surface area contributed by atoms with E-state index in [-0.39, 0.29) is 11.5 Å². The molecule has 2 aromatic rings. The molecule has 5 heteroatoms. The summed E-state index contributed by atoms with van der Waals surface area (Å²) in [6.45, 7) is 5.51. The van der Waals surface area contributed by atoms with Crippen LogP contribution in [0.25, 0.3) is 0 Å². The Bertz CT molecular complexity index is 692. The lowest BCUT2D eigenvalue weighted by Gasteiger charge is -2.17. The number of phenols is 1. The fourth-order valence-corrected chi connectivity index (χ4v) is 2.41. The number of hydrogen-bond acceptors (Lipinski definition) is 3. The molecule has 0 saturated carbocycles. The predicted octanol–water partition coefficient (Wildman–Crippen LogP) is 5.19. The maximum atomic E-state index is 11.9. The molecule has 146 valence electrons. The summed E-state index contributed by atoms with van der Waals surface area (Å²) in [6.07, 6.45) is 3.26. The summed E-state index contributed by atoms with van der Waals surface area (Å²) in [6, 6.07) is 15.5. The first-order valence-corrected chi connectivity index (χ1v) is 9.36. The summed E-state index contributed by atoms with van der Waals surface area (Å²) < 4.78 is 0. The topological polar surface area (TPSA) is 77.8 Å². The molecule has 0 aromatic heterocycles. The Kier molecular flexibility index (Phi) is 10.3. The average Bonchev–Trinajstić information content (AvgIpc) is 2.69. The highest BCUT2D eigenvalue weighted by Crippen LogP contribution is 2.19. The molecular weight excluding hydrogens is 342 g/mol. The van der Waals surface area contributed by atoms with Crippen LogP contribution >= 0.6 is 0 Å². The first kappa shape index (κ1) is 22.2. The van der Waals surface area contributed by atoms with Gasteiger partial charge in [0.15, 0.2) is 5.78 Å². The van der Waals surface area contributed by atoms with E-state index < -0.39 is 6.09 Å². The Morgan fingerprint density at radius 3 is 1.85 bits per heavy atom. The molecule has 0 radical (unpaired) electrons. The highest BCUT2D eigenvalue weighted by Gasteiger charge is 2.11. The zero-order valence-corrected chi connectivity index (χ0v) is 16.1. The highest BCUT2D eigenvalue weighted by atomic mass is 16.4. The van der Waals surface area contributed by atoms with Gasteiger partial charge in [-0.15, -0.1) is 0 Å². The number of nitrogens with zero attached hydrogens (tertiary/aromatic N) is 1. The van der Waals surface area contributed by atoms with E-state index in [4.69, 9.17) is 5.11 Å². The van der Waals surface area contributed by atoms with Gasteiger partial charge < -0.3 is 15.1 Å². The fourth-order valence-electron chi connectivity index (χ4n) is 2.41. The van der Waals surface area contributed by atoms with Gasteiger partial charge in [-0.3, -0.25) is 4.79 Å². The predicted molar refractivity (Wildman–Crippen MR) is 107 cm³/mol. The van der Waals surface area contributed by atoms with Crippen molar-refractivity contribution < 1.29 is 19.8 Å². The van der Waals surface area contributed by atoms with Crippen LogP contribution in [-0.4, -0.2) is 40.1 Å². The van der Waals surface area contributed by atoms with Crippen molar-refractivity contribution in [3.63, 3.8) is 0 Å². The molecule has 0 aliphatic carbocycles. The lowest BCUT2D eigenvalue weighted by Crippen LogP contribution is -2.31. The van der Waals surface area contributed by atoms with Gasteiger partial charge in [-0.25, -0.2) is 4.79 Å². The summed E-state index contributed by atoms with van der Waals surface area (Å²) in [5, 5.41) is 18.3. The summed E-state index contributed by atoms with van der Waals surface area (Å²) in [5.41, 5.74) is 0.919. The molecule has 0 aliphatic rings. The van der Waals surface area contributed by atoms with E-state index in [2.05, 4.69) is 13.8 Å². The summed E-state index contributed by atoms with van der Waals surface area (Å²) >= 11 is 0. The second-order valence-electron chi connectivity index (χ2n) is 6.19. The van der Waals surface area contributed by atoms with Gasteiger partial charge >= 0.3 is 6.09 Å². The molecule has 0 heterocycles. The molecule has 0 unspecified atom stereocenters. The van der Waals surface area contributed by atoms with E-state index in [1.807, 2.05) is 6.07 Å². The molecule has 0 atom stereocenters. The second-order valence-corrected chi connectivity index (χ2v) is 6.19. The fraction of sp³-hybridized carbons (Fsp3) is 0.364. The van der Waals surface area contributed by atoms with Crippen LogP contribution in [0.5, 0.6) is 5.75 Å². The summed E-state index contributed by atoms with van der Waals surface area (Å²) in [7, 11) is 0. The number of aromatic hydroxyl groups is 1. The molecule has 0 spiro atoms. The molecule has 2 aromatic carbocycles. The molecule has 1 amide bonds. The first-order valence-electron chi connectivity index (χ1n) is 9.36. The van der Waals surface area contributed by atoms with Crippen molar-refractivity contribution in [2.45, 2.75) is 39.5 Å². The number of rotatable bonds is 8. The summed E-state index contributed by atoms with van der Waals surface area (Å²) in [4.78, 5) is 24.1. The van der Waals surface area contributed by atoms with Gasteiger partial charge in [-0.05, 0) is 25.0 Å². The molecule has 0 bridgehead atoms. The van der Waals surface area contributed by atoms with E-state index in [9.17, 15) is 14.7 Å². The van der Waals surface area contributed by atoms with Crippen molar-refractivity contribution in [2.75, 3.05) is 13.1 Å². The third kappa shape index (κ3) is 7.94. The van der Waals surface area contributed by atoms with Crippen LogP contribution in [0.1, 0.15) is 55.5 Å². The zero-order valence-electron chi connectivity index (χ0n) is 16.1. The zero-order chi connectivity index (χ0) is 20.1. The van der Waals surface area contributed by atoms with Crippen molar-refractivity contribution in [1.29, 1.82) is 0 Å². The van der Waals surface area contributed by atoms with Crippen molar-refractivity contribution in [3.05, 3.63) is 65.7 Å². The third-order valence-electron chi connectivity index (χ3n) is 4.02. The number of phenolic OH excluding ortho intramolecular Hbond substituents is 1. The SMILES string of the molecule is CCCCN(CCCC)C(=O)O.O=C(c1ccccc1)c1ccccc1O. The Labute approximate surface area is 161 Å². The Morgan fingerprint density at radius 1 is 0.852 bits per heavy atom. The van der Waals surface area contributed by atoms with E-state index in [1.165, 1.54) is 11.0 Å². The van der Waals surface area contributed by atoms with E-state index in [0.29, 0.717) is 24.2 Å². The van der Waals surface area contributed by atoms with Gasteiger partial charge in [0, 0.05) is 18.7 Å². The van der Waals surface area contributed by atoms with Crippen LogP contribution in [0.3, 0.4) is 0 Å². The monoisotopic (exact) mass is 371 g/mol. The highest BCUT2D eigenvalue weighted by molar-refractivity contribution is 6.10. The Balaban J connectivity index is 0.000000279. The van der Waals surface area contributed by atoms with Crippen molar-refractivity contribution >= 4 is 11.9 Å². The number of para-hydroxylation sites is 1. The van der Waals surface area contributed by atoms with Gasteiger partial charge in [0.25, 0.3) is 0 Å². The van der Waals surface area contributed by atoms with Gasteiger partial charge in [0.1, 0.15) is 5.75 Å². The minimum absolute atomic E-state index is 0.0198. The van der Waals surface area contributed by atoms with Crippen LogP contribution in [0.15, 0.2) is 54.6 Å². The number of ketones is 1. The molecule has 0 aliphatic heterocycles. The Hall–Kier alpha value is -2.82. The van der Waals surface area contributed by atoms with Crippen LogP contribution in [0, 0.1) is 0 Å². The van der Waals surface area contributed by atoms with Gasteiger partial charge in [-0.2, -0.15) is 0 Å². The van der Waals surface area contributed by atoms with E-state index in [1.54, 1.807) is 42.5 Å². The minimum Gasteiger partial charge on any atom is -0.507 e. The lowest BCUT2D eigenvalue weighted by atomic mass is 10.0. The smallest absolute Gasteiger partial charge is 0.407 e. The maximum Gasteiger partial charge on any atom is 0.407 e. The van der Waals surface area contributed by atoms with Crippen LogP contribution in [-0.2, 0) is 0 Å². The van der Waals surface area contributed by atoms with E-state index >= 15 is 0 Å². The number of benzene rings is 2. The molecule has 2 N–H and O–H groups in total. The first-order chi connectivity index (χ1) is 13.0. The van der Waals surface area contributed by atoms with Gasteiger partial charge in [0.05, 0.1) is 5.56 Å². The van der Waals surface area contributed by atoms with Crippen molar-refractivity contribution in [1.82, 2.24) is 4.90 Å². The van der Waals surface area contributed by atoms with Crippen LogP contribution in [0.4, 0.5) is 4.79 Å². The minimum atomic E-state index is -0.781. The van der Waals surface area contributed by atoms with Crippen molar-refractivity contribution in [3.8, 4) is 5.75 Å². The third-order valence-corrected chi connectivity index (χ3v) is 4.02. The number of carboxylic acid groups (broad SMARTS) is 1. The molecular formula is C22H29NO4. The largest absolute Gasteiger partial charge is 0.507 e. The van der Waals surface area contributed by atoms with Crippen LogP contribution in [0.2, 0.25) is 0 Å². The average molecular weight is 371 g/mol. The molecule has 0 fully saturated rings. The number of amides is 1. The number of unbranched alkanes of at least 4 members (excludes halogenated alkanes) is 2. The van der Waals surface area contributed by atoms with Gasteiger partial charge in [-0.1, -0.05) is 69.2 Å². The maximum absolute atomic E-state index is 11.9. The quantitative estimate of drug-likeness (QED) is 0.626. The summed E-state index contributed by atoms with van der Waals surface area (Å²) in [5.74, 6) is -0.139. The normalized spacial score (nSPS) is 9.85. The number of hydrogen-bond donors (Lipinski definition) is 2. The molecule has 5 nitrogen and oxygen atoms in total. The van der Waals surface area contributed by atoms with Gasteiger partial charge in [0.2, 0.25) is 0 Å². The van der Waals surface area contributed by atoms with E-state index in [0.717, 1.165) is 25.7 Å². The molecule has 2 rings (SSSR count). The molecule has 27 heavy (non-hydrogen) atoms. The van der Waals surface area contributed by atoms with Crippen LogP contribution < -0.4 is 0 Å². The number of carbonyl (C=O) groups is 2. The Morgan fingerprint density at radius 2 is 1.37 bits per heavy atom. The standard InChI is InChI=1S/C13H10O2.C9H19NO2/c14-12-9-5-4-8-11(12)13(15)10-6-2-1-3-7-10;1-3-5-7-10(9(11)12)8-6-4-2/h1-9,14H;3-8H2,1-2H3,(H,11,12). The molecule has 0 saturated heterocycles. The second kappa shape index (κ2) is 12.5. The number of carbonyl (C=O) groups excluding carboxylic acids is 1.